The Labute approximate surface area is 123 Å². The second-order valence-electron chi connectivity index (χ2n) is 5.10. The van der Waals surface area contributed by atoms with Crippen LogP contribution in [0, 0.1) is 5.92 Å². The smallest absolute Gasteiger partial charge is 0.419 e. The molecule has 0 N–H and O–H groups in total. The molecule has 2 nitrogen and oxygen atoms in total. The van der Waals surface area contributed by atoms with Crippen LogP contribution in [-0.4, -0.2) is 12.9 Å². The molecular weight excluding hydrogens is 281 g/mol. The molecule has 0 aliphatic heterocycles. The quantitative estimate of drug-likeness (QED) is 0.623. The fraction of sp³-hybridized carbons (Fsp3) is 0.562. The summed E-state index contributed by atoms with van der Waals surface area (Å²) in [5.74, 6) is 0.0415. The van der Waals surface area contributed by atoms with Crippen molar-refractivity contribution >= 4 is 6.29 Å². The standard InChI is InChI=1S/C16H21F3O2/c1-3-5-6-12(4-2)11-21-15-8-7-13(10-20)9-14(15)16(17,18)19/h7-10,12H,3-6,11H2,1-2H3. The highest BCUT2D eigenvalue weighted by Crippen LogP contribution is 2.37. The molecular formula is C16H21F3O2. The predicted molar refractivity (Wildman–Crippen MR) is 75.6 cm³/mol. The molecule has 0 heterocycles. The van der Waals surface area contributed by atoms with Crippen LogP contribution in [0.2, 0.25) is 0 Å². The van der Waals surface area contributed by atoms with Crippen LogP contribution in [0.3, 0.4) is 0 Å². The lowest BCUT2D eigenvalue weighted by Gasteiger charge is -2.18. The fourth-order valence-corrected chi connectivity index (χ4v) is 2.07. The van der Waals surface area contributed by atoms with Crippen LogP contribution >= 0.6 is 0 Å². The molecule has 1 unspecified atom stereocenters. The van der Waals surface area contributed by atoms with Crippen molar-refractivity contribution in [2.24, 2.45) is 5.92 Å². The second kappa shape index (κ2) is 8.05. The van der Waals surface area contributed by atoms with Crippen molar-refractivity contribution in [1.82, 2.24) is 0 Å². The first kappa shape index (κ1) is 17.5. The van der Waals surface area contributed by atoms with E-state index < -0.39 is 11.7 Å². The summed E-state index contributed by atoms with van der Waals surface area (Å²) in [6.07, 6.45) is -0.223. The Bertz CT molecular complexity index is 455. The van der Waals surface area contributed by atoms with E-state index in [9.17, 15) is 18.0 Å². The zero-order chi connectivity index (χ0) is 15.9. The molecule has 1 atom stereocenters. The molecule has 0 fully saturated rings. The number of alkyl halides is 3. The van der Waals surface area contributed by atoms with Gasteiger partial charge < -0.3 is 4.74 Å². The second-order valence-corrected chi connectivity index (χ2v) is 5.10. The summed E-state index contributed by atoms with van der Waals surface area (Å²) in [6.45, 7) is 4.34. The molecule has 0 aliphatic rings. The molecule has 0 amide bonds. The summed E-state index contributed by atoms with van der Waals surface area (Å²) < 4.78 is 44.3. The molecule has 5 heteroatoms. The maximum absolute atomic E-state index is 13.0. The molecule has 0 spiro atoms. The Balaban J connectivity index is 2.84. The summed E-state index contributed by atoms with van der Waals surface area (Å²) in [6, 6.07) is 3.39. The van der Waals surface area contributed by atoms with Crippen molar-refractivity contribution < 1.29 is 22.7 Å². The number of hydrogen-bond acceptors (Lipinski definition) is 2. The Morgan fingerprint density at radius 3 is 2.52 bits per heavy atom. The normalized spacial score (nSPS) is 13.0. The van der Waals surface area contributed by atoms with Crippen LogP contribution in [-0.2, 0) is 6.18 Å². The largest absolute Gasteiger partial charge is 0.493 e. The van der Waals surface area contributed by atoms with Crippen molar-refractivity contribution in [3.8, 4) is 5.75 Å². The van der Waals surface area contributed by atoms with Crippen LogP contribution in [0.15, 0.2) is 18.2 Å². The lowest BCUT2D eigenvalue weighted by molar-refractivity contribution is -0.139. The van der Waals surface area contributed by atoms with Gasteiger partial charge in [-0.3, -0.25) is 4.79 Å². The van der Waals surface area contributed by atoms with Crippen LogP contribution in [0.4, 0.5) is 13.2 Å². The van der Waals surface area contributed by atoms with E-state index in [2.05, 4.69) is 6.92 Å². The zero-order valence-corrected chi connectivity index (χ0v) is 12.4. The molecule has 1 aromatic carbocycles. The zero-order valence-electron chi connectivity index (χ0n) is 12.4. The first-order chi connectivity index (χ1) is 9.92. The highest BCUT2D eigenvalue weighted by molar-refractivity contribution is 5.75. The Kier molecular flexibility index (Phi) is 6.72. The maximum Gasteiger partial charge on any atom is 0.419 e. The number of benzene rings is 1. The first-order valence-corrected chi connectivity index (χ1v) is 7.21. The number of unbranched alkanes of at least 4 members (excludes halogenated alkanes) is 1. The number of ether oxygens (including phenoxy) is 1. The first-order valence-electron chi connectivity index (χ1n) is 7.21. The molecule has 118 valence electrons. The average molecular weight is 302 g/mol. The molecule has 21 heavy (non-hydrogen) atoms. The van der Waals surface area contributed by atoms with Crippen molar-refractivity contribution in [3.63, 3.8) is 0 Å². The summed E-state index contributed by atoms with van der Waals surface area (Å²) >= 11 is 0. The predicted octanol–water partition coefficient (Wildman–Crippen LogP) is 5.11. The van der Waals surface area contributed by atoms with Gasteiger partial charge in [0.25, 0.3) is 0 Å². The van der Waals surface area contributed by atoms with Gasteiger partial charge in [0.1, 0.15) is 12.0 Å². The third-order valence-electron chi connectivity index (χ3n) is 3.46. The Morgan fingerprint density at radius 2 is 2.00 bits per heavy atom. The average Bonchev–Trinajstić information content (AvgIpc) is 2.46. The van der Waals surface area contributed by atoms with Gasteiger partial charge in [-0.25, -0.2) is 0 Å². The highest BCUT2D eigenvalue weighted by atomic mass is 19.4. The van der Waals surface area contributed by atoms with Crippen LogP contribution in [0.5, 0.6) is 5.75 Å². The van der Waals surface area contributed by atoms with E-state index in [1.165, 1.54) is 12.1 Å². The van der Waals surface area contributed by atoms with Crippen LogP contribution in [0.25, 0.3) is 0 Å². The lowest BCUT2D eigenvalue weighted by atomic mass is 10.0. The van der Waals surface area contributed by atoms with Gasteiger partial charge in [-0.15, -0.1) is 0 Å². The van der Waals surface area contributed by atoms with Crippen molar-refractivity contribution in [3.05, 3.63) is 29.3 Å². The van der Waals surface area contributed by atoms with E-state index in [0.29, 0.717) is 6.29 Å². The number of aldehydes is 1. The number of halogens is 3. The van der Waals surface area contributed by atoms with Crippen molar-refractivity contribution in [2.45, 2.75) is 45.7 Å². The minimum absolute atomic E-state index is 0.00676. The number of carbonyl (C=O) groups is 1. The number of hydrogen-bond donors (Lipinski definition) is 0. The maximum atomic E-state index is 13.0. The third-order valence-corrected chi connectivity index (χ3v) is 3.46. The van der Waals surface area contributed by atoms with Gasteiger partial charge in [-0.2, -0.15) is 13.2 Å². The lowest BCUT2D eigenvalue weighted by Crippen LogP contribution is -2.15. The van der Waals surface area contributed by atoms with Gasteiger partial charge in [-0.1, -0.05) is 33.1 Å². The van der Waals surface area contributed by atoms with E-state index >= 15 is 0 Å². The minimum Gasteiger partial charge on any atom is -0.493 e. The van der Waals surface area contributed by atoms with E-state index in [1.54, 1.807) is 0 Å². The van der Waals surface area contributed by atoms with E-state index in [1.807, 2.05) is 6.92 Å². The Hall–Kier alpha value is -1.52. The van der Waals surface area contributed by atoms with Crippen LogP contribution < -0.4 is 4.74 Å². The van der Waals surface area contributed by atoms with Gasteiger partial charge in [0.2, 0.25) is 0 Å². The van der Waals surface area contributed by atoms with Gasteiger partial charge in [-0.05, 0) is 30.5 Å². The van der Waals surface area contributed by atoms with E-state index in [-0.39, 0.29) is 23.8 Å². The fourth-order valence-electron chi connectivity index (χ4n) is 2.07. The SMILES string of the molecule is CCCCC(CC)COc1ccc(C=O)cc1C(F)(F)F. The topological polar surface area (TPSA) is 26.3 Å². The van der Waals surface area contributed by atoms with E-state index in [4.69, 9.17) is 4.74 Å². The van der Waals surface area contributed by atoms with Crippen molar-refractivity contribution in [1.29, 1.82) is 0 Å². The summed E-state index contributed by atoms with van der Waals surface area (Å²) in [4.78, 5) is 10.6. The number of carbonyl (C=O) groups excluding carboxylic acids is 1. The molecule has 1 rings (SSSR count). The molecule has 0 saturated carbocycles. The highest BCUT2D eigenvalue weighted by Gasteiger charge is 2.34. The Morgan fingerprint density at radius 1 is 1.29 bits per heavy atom. The van der Waals surface area contributed by atoms with Gasteiger partial charge in [0, 0.05) is 5.56 Å². The number of rotatable bonds is 8. The van der Waals surface area contributed by atoms with Crippen LogP contribution in [0.1, 0.15) is 55.5 Å². The molecule has 0 aliphatic carbocycles. The monoisotopic (exact) mass is 302 g/mol. The van der Waals surface area contributed by atoms with Gasteiger partial charge in [0.05, 0.1) is 12.2 Å². The third kappa shape index (κ3) is 5.40. The molecule has 0 saturated heterocycles. The summed E-state index contributed by atoms with van der Waals surface area (Å²) in [5.41, 5.74) is -0.898. The molecule has 0 bridgehead atoms. The van der Waals surface area contributed by atoms with Gasteiger partial charge >= 0.3 is 6.18 Å². The minimum atomic E-state index is -4.53. The summed E-state index contributed by atoms with van der Waals surface area (Å²) in [5, 5.41) is 0. The molecule has 1 aromatic rings. The van der Waals surface area contributed by atoms with Crippen molar-refractivity contribution in [2.75, 3.05) is 6.61 Å². The molecule has 0 radical (unpaired) electrons. The van der Waals surface area contributed by atoms with E-state index in [0.717, 1.165) is 31.7 Å². The van der Waals surface area contributed by atoms with Gasteiger partial charge in [0.15, 0.2) is 0 Å². The summed E-state index contributed by atoms with van der Waals surface area (Å²) in [7, 11) is 0. The molecule has 0 aromatic heterocycles.